The van der Waals surface area contributed by atoms with Gasteiger partial charge in [-0.3, -0.25) is 9.48 Å². The lowest BCUT2D eigenvalue weighted by Crippen LogP contribution is -2.34. The van der Waals surface area contributed by atoms with E-state index in [2.05, 4.69) is 21.7 Å². The Bertz CT molecular complexity index is 428. The molecule has 1 N–H and O–H groups in total. The van der Waals surface area contributed by atoms with Crippen LogP contribution in [0.4, 0.5) is 0 Å². The largest absolute Gasteiger partial charge is 0.481 e. The van der Waals surface area contributed by atoms with Gasteiger partial charge >= 0.3 is 5.97 Å². The van der Waals surface area contributed by atoms with Crippen LogP contribution in [0.15, 0.2) is 6.20 Å². The number of aliphatic carboxylic acids is 1. The van der Waals surface area contributed by atoms with Crippen molar-refractivity contribution in [3.63, 3.8) is 0 Å². The van der Waals surface area contributed by atoms with Gasteiger partial charge in [-0.1, -0.05) is 0 Å². The van der Waals surface area contributed by atoms with Gasteiger partial charge in [0.2, 0.25) is 0 Å². The first-order valence-corrected chi connectivity index (χ1v) is 6.51. The van der Waals surface area contributed by atoms with Gasteiger partial charge in [-0.05, 0) is 45.3 Å². The minimum Gasteiger partial charge on any atom is -0.481 e. The summed E-state index contributed by atoms with van der Waals surface area (Å²) in [5.41, 5.74) is 2.18. The second kappa shape index (κ2) is 5.52. The number of hydrogen-bond acceptors (Lipinski definition) is 3. The monoisotopic (exact) mass is 251 g/mol. The second-order valence-corrected chi connectivity index (χ2v) is 5.15. The molecule has 1 aromatic heterocycles. The zero-order valence-electron chi connectivity index (χ0n) is 11.1. The molecule has 1 unspecified atom stereocenters. The zero-order chi connectivity index (χ0) is 13.1. The SMILES string of the molecule is Cc1c(CCC(=O)O)cnn1C1CCCN(C)C1. The summed E-state index contributed by atoms with van der Waals surface area (Å²) in [6.45, 7) is 4.22. The van der Waals surface area contributed by atoms with Crippen LogP contribution in [-0.4, -0.2) is 45.9 Å². The molecule has 2 rings (SSSR count). The first kappa shape index (κ1) is 13.1. The standard InChI is InChI=1S/C13H21N3O2/c1-10-11(5-6-13(17)18)8-14-16(10)12-4-3-7-15(2)9-12/h8,12H,3-7,9H2,1-2H3,(H,17,18). The zero-order valence-corrected chi connectivity index (χ0v) is 11.1. The number of hydrogen-bond donors (Lipinski definition) is 1. The summed E-state index contributed by atoms with van der Waals surface area (Å²) in [6.07, 6.45) is 4.93. The molecular weight excluding hydrogens is 230 g/mol. The fourth-order valence-corrected chi connectivity index (χ4v) is 2.65. The Morgan fingerprint density at radius 1 is 1.61 bits per heavy atom. The van der Waals surface area contributed by atoms with E-state index >= 15 is 0 Å². The molecule has 5 heteroatoms. The number of piperidine rings is 1. The number of aromatic nitrogens is 2. The molecule has 0 aromatic carbocycles. The minimum absolute atomic E-state index is 0.178. The highest BCUT2D eigenvalue weighted by Crippen LogP contribution is 2.23. The quantitative estimate of drug-likeness (QED) is 0.880. The molecule has 0 saturated carbocycles. The van der Waals surface area contributed by atoms with Crippen LogP contribution in [0.1, 0.15) is 36.6 Å². The van der Waals surface area contributed by atoms with Crippen molar-refractivity contribution in [3.8, 4) is 0 Å². The Hall–Kier alpha value is -1.36. The lowest BCUT2D eigenvalue weighted by Gasteiger charge is -2.30. The van der Waals surface area contributed by atoms with Crippen LogP contribution in [0.25, 0.3) is 0 Å². The Morgan fingerprint density at radius 3 is 3.06 bits per heavy atom. The summed E-state index contributed by atoms with van der Waals surface area (Å²) in [5.74, 6) is -0.750. The third-order valence-corrected chi connectivity index (χ3v) is 3.70. The summed E-state index contributed by atoms with van der Waals surface area (Å²) in [5, 5.41) is 13.2. The predicted octanol–water partition coefficient (Wildman–Crippen LogP) is 1.48. The first-order chi connectivity index (χ1) is 8.58. The number of carboxylic acid groups (broad SMARTS) is 1. The van der Waals surface area contributed by atoms with Crippen LogP contribution in [0, 0.1) is 6.92 Å². The molecule has 0 spiro atoms. The second-order valence-electron chi connectivity index (χ2n) is 5.15. The van der Waals surface area contributed by atoms with Crippen molar-refractivity contribution in [2.24, 2.45) is 0 Å². The van der Waals surface area contributed by atoms with Gasteiger partial charge < -0.3 is 10.0 Å². The molecule has 1 aliphatic rings. The van der Waals surface area contributed by atoms with E-state index in [1.54, 1.807) is 0 Å². The van der Waals surface area contributed by atoms with E-state index in [1.165, 1.54) is 6.42 Å². The fourth-order valence-electron chi connectivity index (χ4n) is 2.65. The molecular formula is C13H21N3O2. The maximum absolute atomic E-state index is 10.6. The molecule has 2 heterocycles. The van der Waals surface area contributed by atoms with E-state index in [9.17, 15) is 4.79 Å². The maximum Gasteiger partial charge on any atom is 0.303 e. The normalized spacial score (nSPS) is 21.1. The molecule has 18 heavy (non-hydrogen) atoms. The highest BCUT2D eigenvalue weighted by molar-refractivity contribution is 5.67. The van der Waals surface area contributed by atoms with Gasteiger partial charge in [0, 0.05) is 18.7 Å². The molecule has 1 atom stereocenters. The van der Waals surface area contributed by atoms with E-state index < -0.39 is 5.97 Å². The van der Waals surface area contributed by atoms with Crippen molar-refractivity contribution in [2.45, 2.75) is 38.6 Å². The van der Waals surface area contributed by atoms with Crippen LogP contribution in [0.2, 0.25) is 0 Å². The Kier molecular flexibility index (Phi) is 4.01. The molecule has 0 aliphatic carbocycles. The van der Waals surface area contributed by atoms with Crippen molar-refractivity contribution >= 4 is 5.97 Å². The fraction of sp³-hybridized carbons (Fsp3) is 0.692. The highest BCUT2D eigenvalue weighted by atomic mass is 16.4. The number of rotatable bonds is 4. The summed E-state index contributed by atoms with van der Waals surface area (Å²) in [7, 11) is 2.14. The van der Waals surface area contributed by atoms with E-state index in [1.807, 2.05) is 13.1 Å². The lowest BCUT2D eigenvalue weighted by molar-refractivity contribution is -0.136. The van der Waals surface area contributed by atoms with Gasteiger partial charge in [-0.25, -0.2) is 0 Å². The van der Waals surface area contributed by atoms with E-state index in [4.69, 9.17) is 5.11 Å². The number of nitrogens with zero attached hydrogens (tertiary/aromatic N) is 3. The Balaban J connectivity index is 2.07. The van der Waals surface area contributed by atoms with Gasteiger partial charge in [0.1, 0.15) is 0 Å². The van der Waals surface area contributed by atoms with Gasteiger partial charge in [0.05, 0.1) is 12.2 Å². The van der Waals surface area contributed by atoms with Crippen molar-refractivity contribution < 1.29 is 9.90 Å². The van der Waals surface area contributed by atoms with Crippen molar-refractivity contribution in [3.05, 3.63) is 17.5 Å². The van der Waals surface area contributed by atoms with Crippen LogP contribution >= 0.6 is 0 Å². The van der Waals surface area contributed by atoms with Gasteiger partial charge in [0.25, 0.3) is 0 Å². The maximum atomic E-state index is 10.6. The van der Waals surface area contributed by atoms with E-state index in [0.29, 0.717) is 12.5 Å². The van der Waals surface area contributed by atoms with Crippen molar-refractivity contribution in [2.75, 3.05) is 20.1 Å². The average molecular weight is 251 g/mol. The summed E-state index contributed by atoms with van der Waals surface area (Å²) in [6, 6.07) is 0.433. The molecule has 1 saturated heterocycles. The molecule has 1 aliphatic heterocycles. The van der Waals surface area contributed by atoms with Crippen LogP contribution in [0.3, 0.4) is 0 Å². The van der Waals surface area contributed by atoms with Crippen LogP contribution in [-0.2, 0) is 11.2 Å². The smallest absolute Gasteiger partial charge is 0.303 e. The number of likely N-dealkylation sites (N-methyl/N-ethyl adjacent to an activating group) is 1. The van der Waals surface area contributed by atoms with Gasteiger partial charge in [0.15, 0.2) is 0 Å². The van der Waals surface area contributed by atoms with Crippen LogP contribution in [0.5, 0.6) is 0 Å². The topological polar surface area (TPSA) is 58.4 Å². The number of aryl methyl sites for hydroxylation is 1. The van der Waals surface area contributed by atoms with Gasteiger partial charge in [-0.15, -0.1) is 0 Å². The molecule has 100 valence electrons. The number of carbonyl (C=O) groups is 1. The van der Waals surface area contributed by atoms with Crippen LogP contribution < -0.4 is 0 Å². The molecule has 0 amide bonds. The van der Waals surface area contributed by atoms with Gasteiger partial charge in [-0.2, -0.15) is 5.10 Å². The molecule has 1 fully saturated rings. The van der Waals surface area contributed by atoms with E-state index in [-0.39, 0.29) is 6.42 Å². The summed E-state index contributed by atoms with van der Waals surface area (Å²) < 4.78 is 2.08. The van der Waals surface area contributed by atoms with E-state index in [0.717, 1.165) is 30.8 Å². The first-order valence-electron chi connectivity index (χ1n) is 6.51. The average Bonchev–Trinajstić information content (AvgIpc) is 2.68. The predicted molar refractivity (Wildman–Crippen MR) is 68.7 cm³/mol. The van der Waals surface area contributed by atoms with Crippen molar-refractivity contribution in [1.29, 1.82) is 0 Å². The number of likely N-dealkylation sites (tertiary alicyclic amines) is 1. The molecule has 1 aromatic rings. The third kappa shape index (κ3) is 2.90. The minimum atomic E-state index is -0.750. The van der Waals surface area contributed by atoms with Crippen molar-refractivity contribution in [1.82, 2.24) is 14.7 Å². The Labute approximate surface area is 107 Å². The summed E-state index contributed by atoms with van der Waals surface area (Å²) in [4.78, 5) is 12.9. The molecule has 5 nitrogen and oxygen atoms in total. The third-order valence-electron chi connectivity index (χ3n) is 3.70. The number of carboxylic acids is 1. The summed E-state index contributed by atoms with van der Waals surface area (Å²) >= 11 is 0. The lowest BCUT2D eigenvalue weighted by atomic mass is 10.1. The molecule has 0 radical (unpaired) electrons. The Morgan fingerprint density at radius 2 is 2.39 bits per heavy atom. The molecule has 0 bridgehead atoms. The highest BCUT2D eigenvalue weighted by Gasteiger charge is 2.21.